The monoisotopic (exact) mass is 539 g/mol. The van der Waals surface area contributed by atoms with Crippen molar-refractivity contribution < 1.29 is 28.8 Å². The molecule has 12 heteroatoms. The molecule has 11 nitrogen and oxygen atoms in total. The minimum atomic E-state index is -0.705. The normalized spacial score (nSPS) is 12.5. The summed E-state index contributed by atoms with van der Waals surface area (Å²) in [7, 11) is 4.59. The number of hydrogen-bond donors (Lipinski definition) is 3. The first-order valence-corrected chi connectivity index (χ1v) is 13.0. The molecule has 0 radical (unpaired) electrons. The summed E-state index contributed by atoms with van der Waals surface area (Å²) in [6, 6.07) is 7.24. The Hall–Kier alpha value is -3.28. The summed E-state index contributed by atoms with van der Waals surface area (Å²) >= 11 is 1.11. The third-order valence-corrected chi connectivity index (χ3v) is 5.34. The van der Waals surface area contributed by atoms with Crippen LogP contribution in [0.2, 0.25) is 0 Å². The zero-order chi connectivity index (χ0) is 28.7. The summed E-state index contributed by atoms with van der Waals surface area (Å²) in [6.07, 6.45) is 0.172. The topological polar surface area (TPSA) is 138 Å². The van der Waals surface area contributed by atoms with Gasteiger partial charge in [-0.25, -0.2) is 9.59 Å². The largest absolute Gasteiger partial charge is 0.447 e. The number of thioether (sulfide) groups is 1. The van der Waals surface area contributed by atoms with Gasteiger partial charge < -0.3 is 25.6 Å². The number of ether oxygens (including phenoxy) is 1. The van der Waals surface area contributed by atoms with Gasteiger partial charge in [-0.15, -0.1) is 11.8 Å². The molecule has 0 aliphatic rings. The van der Waals surface area contributed by atoms with Crippen LogP contribution in [0.25, 0.3) is 0 Å². The van der Waals surface area contributed by atoms with Crippen molar-refractivity contribution in [3.63, 3.8) is 0 Å². The van der Waals surface area contributed by atoms with Gasteiger partial charge in [-0.1, -0.05) is 48.8 Å². The maximum Gasteiger partial charge on any atom is 0.433 e. The predicted octanol–water partition coefficient (Wildman–Crippen LogP) is 3.44. The average Bonchev–Trinajstić information content (AvgIpc) is 2.82. The summed E-state index contributed by atoms with van der Waals surface area (Å²) in [6.45, 7) is 11.2. The lowest BCUT2D eigenvalue weighted by Gasteiger charge is -2.24. The summed E-state index contributed by atoms with van der Waals surface area (Å²) < 4.78 is 5.05. The summed E-state index contributed by atoms with van der Waals surface area (Å²) in [5.74, 6) is -0.560. The van der Waals surface area contributed by atoms with Gasteiger partial charge in [0.25, 0.3) is 5.91 Å². The Balaban J connectivity index is 0.000000795. The second-order valence-electron chi connectivity index (χ2n) is 8.89. The highest BCUT2D eigenvalue weighted by atomic mass is 32.2. The first-order chi connectivity index (χ1) is 17.2. The molecule has 1 aromatic rings. The Labute approximate surface area is 224 Å². The van der Waals surface area contributed by atoms with E-state index < -0.39 is 18.2 Å². The molecule has 2 atom stereocenters. The van der Waals surface area contributed by atoms with E-state index in [1.807, 2.05) is 52.0 Å². The molecule has 0 heterocycles. The summed E-state index contributed by atoms with van der Waals surface area (Å²) in [4.78, 5) is 52.0. The van der Waals surface area contributed by atoms with E-state index in [0.717, 1.165) is 17.3 Å². The molecular weight excluding hydrogens is 498 g/mol. The minimum Gasteiger partial charge on any atom is -0.447 e. The van der Waals surface area contributed by atoms with Gasteiger partial charge in [-0.2, -0.15) is 0 Å². The fraction of sp³-hybridized carbons (Fsp3) is 0.560. The van der Waals surface area contributed by atoms with Crippen LogP contribution in [0, 0.1) is 12.8 Å². The number of nitrogens with zero attached hydrogens (tertiary/aromatic N) is 2. The smallest absolute Gasteiger partial charge is 0.433 e. The van der Waals surface area contributed by atoms with Gasteiger partial charge in [0.1, 0.15) is 6.04 Å². The number of amides is 4. The standard InChI is InChI=1S/C18H28N2O3.C7H13N3O3S/c1-11(2)16(20-18(22)23-12(3)4)17(21)19-14(6)15-9-7-13(5)8-10-15;1-8-7(12)13-9-5(14-4)6(11)10(2)3/h7-12,14,16H,1-6H3,(H,19,21)(H,20,22);1-4H3,(H,8,12)/t14-,16?;/m0./s1. The lowest BCUT2D eigenvalue weighted by Crippen LogP contribution is -2.50. The van der Waals surface area contributed by atoms with Gasteiger partial charge in [0.05, 0.1) is 12.1 Å². The van der Waals surface area contributed by atoms with Crippen LogP contribution in [0.3, 0.4) is 0 Å². The quantitative estimate of drug-likeness (QED) is 0.209. The van der Waals surface area contributed by atoms with Gasteiger partial charge in [0, 0.05) is 21.1 Å². The van der Waals surface area contributed by atoms with Crippen molar-refractivity contribution in [1.29, 1.82) is 0 Å². The number of carbonyl (C=O) groups excluding carboxylic acids is 4. The Bertz CT molecular complexity index is 919. The molecule has 0 aromatic heterocycles. The van der Waals surface area contributed by atoms with Crippen molar-refractivity contribution in [3.8, 4) is 0 Å². The molecule has 37 heavy (non-hydrogen) atoms. The van der Waals surface area contributed by atoms with Crippen LogP contribution in [0.15, 0.2) is 29.4 Å². The van der Waals surface area contributed by atoms with Gasteiger partial charge in [0.15, 0.2) is 0 Å². The number of aryl methyl sites for hydroxylation is 1. The van der Waals surface area contributed by atoms with Crippen LogP contribution in [-0.4, -0.2) is 73.5 Å². The van der Waals surface area contributed by atoms with E-state index >= 15 is 0 Å². The van der Waals surface area contributed by atoms with Gasteiger partial charge in [-0.05, 0) is 45.4 Å². The molecule has 1 rings (SSSR count). The first kappa shape index (κ1) is 33.7. The zero-order valence-electron chi connectivity index (χ0n) is 23.4. The zero-order valence-corrected chi connectivity index (χ0v) is 24.2. The van der Waals surface area contributed by atoms with Crippen LogP contribution in [0.4, 0.5) is 9.59 Å². The first-order valence-electron chi connectivity index (χ1n) is 11.8. The maximum atomic E-state index is 12.5. The molecular formula is C25H41N5O6S. The molecule has 0 aliphatic heterocycles. The summed E-state index contributed by atoms with van der Waals surface area (Å²) in [5.41, 5.74) is 2.20. The fourth-order valence-electron chi connectivity index (χ4n) is 2.64. The van der Waals surface area contributed by atoms with Crippen molar-refractivity contribution in [2.75, 3.05) is 27.4 Å². The van der Waals surface area contributed by atoms with Crippen LogP contribution in [0.5, 0.6) is 0 Å². The number of alkyl carbamates (subject to hydrolysis) is 1. The van der Waals surface area contributed by atoms with Crippen LogP contribution in [0.1, 0.15) is 51.8 Å². The Morgan fingerprint density at radius 2 is 1.51 bits per heavy atom. The number of oxime groups is 1. The van der Waals surface area contributed by atoms with Crippen molar-refractivity contribution in [2.24, 2.45) is 11.1 Å². The van der Waals surface area contributed by atoms with Crippen LogP contribution < -0.4 is 16.0 Å². The number of carbonyl (C=O) groups is 4. The number of nitrogens with one attached hydrogen (secondary N) is 3. The van der Waals surface area contributed by atoms with E-state index in [9.17, 15) is 19.2 Å². The molecule has 0 aliphatic carbocycles. The van der Waals surface area contributed by atoms with Gasteiger partial charge >= 0.3 is 12.2 Å². The Morgan fingerprint density at radius 3 is 1.95 bits per heavy atom. The van der Waals surface area contributed by atoms with E-state index in [4.69, 9.17) is 4.74 Å². The van der Waals surface area contributed by atoms with Crippen molar-refractivity contribution in [2.45, 2.75) is 59.7 Å². The lowest BCUT2D eigenvalue weighted by atomic mass is 10.0. The lowest BCUT2D eigenvalue weighted by molar-refractivity contribution is -0.124. The molecule has 0 spiro atoms. The van der Waals surface area contributed by atoms with E-state index in [2.05, 4.69) is 25.9 Å². The number of rotatable bonds is 7. The third-order valence-electron chi connectivity index (χ3n) is 4.70. The molecule has 4 amide bonds. The van der Waals surface area contributed by atoms with Crippen LogP contribution in [-0.2, 0) is 19.2 Å². The summed E-state index contributed by atoms with van der Waals surface area (Å²) in [5, 5.41) is 11.3. The van der Waals surface area contributed by atoms with Crippen LogP contribution >= 0.6 is 11.8 Å². The highest BCUT2D eigenvalue weighted by Crippen LogP contribution is 2.14. The highest BCUT2D eigenvalue weighted by Gasteiger charge is 2.26. The Morgan fingerprint density at radius 1 is 0.946 bits per heavy atom. The van der Waals surface area contributed by atoms with E-state index in [1.165, 1.54) is 17.5 Å². The molecule has 0 bridgehead atoms. The molecule has 0 saturated carbocycles. The van der Waals surface area contributed by atoms with Crippen molar-refractivity contribution in [3.05, 3.63) is 35.4 Å². The van der Waals surface area contributed by atoms with Crippen molar-refractivity contribution >= 4 is 40.8 Å². The predicted molar refractivity (Wildman–Crippen MR) is 146 cm³/mol. The highest BCUT2D eigenvalue weighted by molar-refractivity contribution is 8.15. The molecule has 0 saturated heterocycles. The second-order valence-corrected chi connectivity index (χ2v) is 9.68. The van der Waals surface area contributed by atoms with E-state index in [-0.39, 0.29) is 34.9 Å². The molecule has 3 N–H and O–H groups in total. The number of benzene rings is 1. The molecule has 1 aromatic carbocycles. The van der Waals surface area contributed by atoms with Crippen molar-refractivity contribution in [1.82, 2.24) is 20.9 Å². The fourth-order valence-corrected chi connectivity index (χ4v) is 3.10. The SMILES string of the molecule is CNC(=O)ON=C(SC)C(=O)N(C)C.Cc1ccc([C@H](C)NC(=O)C(NC(=O)OC(C)C)C(C)C)cc1. The van der Waals surface area contributed by atoms with E-state index in [0.29, 0.717) is 0 Å². The Kier molecular flexibility index (Phi) is 15.7. The van der Waals surface area contributed by atoms with Gasteiger partial charge in [-0.3, -0.25) is 14.4 Å². The average molecular weight is 540 g/mol. The molecule has 208 valence electrons. The molecule has 1 unspecified atom stereocenters. The van der Waals surface area contributed by atoms with E-state index in [1.54, 1.807) is 34.2 Å². The maximum absolute atomic E-state index is 12.5. The number of hydrogen-bond acceptors (Lipinski definition) is 8. The second kappa shape index (κ2) is 17.2. The molecule has 0 fully saturated rings. The van der Waals surface area contributed by atoms with Gasteiger partial charge in [0.2, 0.25) is 11.0 Å². The minimum absolute atomic E-state index is 0.0417. The third kappa shape index (κ3) is 13.6.